The monoisotopic (exact) mass is 265 g/mol. The number of carbonyl (C=O) groups is 1. The number of allylic oxidation sites excluding steroid dienone is 5. The molecular weight excluding hydrogens is 250 g/mol. The summed E-state index contributed by atoms with van der Waals surface area (Å²) >= 11 is 0. The predicted molar refractivity (Wildman–Crippen MR) is 76.6 cm³/mol. The summed E-state index contributed by atoms with van der Waals surface area (Å²) < 4.78 is 5.61. The summed E-state index contributed by atoms with van der Waals surface area (Å²) in [5, 5.41) is 8.54. The van der Waals surface area contributed by atoms with Gasteiger partial charge >= 0.3 is 0 Å². The van der Waals surface area contributed by atoms with E-state index in [9.17, 15) is 4.79 Å². The molecule has 0 spiro atoms. The fraction of sp³-hybridized carbons (Fsp3) is 0.294. The number of aryl methyl sites for hydroxylation is 1. The van der Waals surface area contributed by atoms with E-state index in [0.29, 0.717) is 12.8 Å². The summed E-state index contributed by atoms with van der Waals surface area (Å²) in [6, 6.07) is 2.01. The maximum absolute atomic E-state index is 11.9. The smallest absolute Gasteiger partial charge is 0.160 e. The van der Waals surface area contributed by atoms with E-state index < -0.39 is 0 Å². The Morgan fingerprint density at radius 2 is 2.35 bits per heavy atom. The third-order valence-corrected chi connectivity index (χ3v) is 3.74. The molecule has 0 saturated carbocycles. The van der Waals surface area contributed by atoms with E-state index in [0.717, 1.165) is 40.9 Å². The molecule has 0 aromatic carbocycles. The zero-order chi connectivity index (χ0) is 13.9. The lowest BCUT2D eigenvalue weighted by Crippen LogP contribution is -1.99. The van der Waals surface area contributed by atoms with Crippen molar-refractivity contribution in [3.63, 3.8) is 0 Å². The van der Waals surface area contributed by atoms with Gasteiger partial charge in [-0.3, -0.25) is 4.79 Å². The number of ketones is 1. The quantitative estimate of drug-likeness (QED) is 0.831. The van der Waals surface area contributed by atoms with E-state index in [1.54, 1.807) is 6.26 Å². The Morgan fingerprint density at radius 3 is 3.20 bits per heavy atom. The Bertz CT molecular complexity index is 680. The van der Waals surface area contributed by atoms with Crippen LogP contribution in [-0.2, 0) is 11.2 Å². The molecule has 2 aliphatic carbocycles. The van der Waals surface area contributed by atoms with Gasteiger partial charge in [-0.05, 0) is 30.1 Å². The van der Waals surface area contributed by atoms with Crippen molar-refractivity contribution in [1.82, 2.24) is 0 Å². The molecule has 0 radical (unpaired) electrons. The van der Waals surface area contributed by atoms with Gasteiger partial charge in [0.25, 0.3) is 0 Å². The molecular formula is C17H15NO2. The summed E-state index contributed by atoms with van der Waals surface area (Å²) in [6.07, 6.45) is 13.3. The molecule has 0 saturated heterocycles. The van der Waals surface area contributed by atoms with Crippen molar-refractivity contribution in [2.45, 2.75) is 32.1 Å². The third-order valence-electron chi connectivity index (χ3n) is 3.74. The molecule has 1 aromatic rings. The van der Waals surface area contributed by atoms with Crippen molar-refractivity contribution in [2.75, 3.05) is 0 Å². The van der Waals surface area contributed by atoms with Crippen LogP contribution in [0.15, 0.2) is 34.5 Å². The number of nitrogens with zero attached hydrogens (tertiary/aromatic N) is 1. The molecule has 3 heteroatoms. The molecule has 100 valence electrons. The van der Waals surface area contributed by atoms with Crippen LogP contribution in [0.5, 0.6) is 0 Å². The minimum absolute atomic E-state index is 0.0747. The first kappa shape index (κ1) is 12.7. The minimum Gasteiger partial charge on any atom is -0.468 e. The minimum atomic E-state index is 0.0747. The molecule has 0 bridgehead atoms. The summed E-state index contributed by atoms with van der Waals surface area (Å²) in [4.78, 5) is 11.9. The second-order valence-corrected chi connectivity index (χ2v) is 5.04. The topological polar surface area (TPSA) is 54.0 Å². The van der Waals surface area contributed by atoms with Crippen LogP contribution in [0, 0.1) is 11.3 Å². The van der Waals surface area contributed by atoms with Gasteiger partial charge in [-0.15, -0.1) is 0 Å². The van der Waals surface area contributed by atoms with E-state index >= 15 is 0 Å². The van der Waals surface area contributed by atoms with Gasteiger partial charge < -0.3 is 4.42 Å². The van der Waals surface area contributed by atoms with E-state index in [4.69, 9.17) is 9.68 Å². The van der Waals surface area contributed by atoms with Crippen LogP contribution in [0.4, 0.5) is 0 Å². The average Bonchev–Trinajstić information content (AvgIpc) is 3.10. The molecule has 0 N–H and O–H groups in total. The predicted octanol–water partition coefficient (Wildman–Crippen LogP) is 3.83. The van der Waals surface area contributed by atoms with Gasteiger partial charge in [0.15, 0.2) is 5.78 Å². The van der Waals surface area contributed by atoms with Gasteiger partial charge in [0, 0.05) is 30.4 Å². The van der Waals surface area contributed by atoms with E-state index in [-0.39, 0.29) is 12.2 Å². The Kier molecular flexibility index (Phi) is 3.39. The lowest BCUT2D eigenvalue weighted by atomic mass is 9.98. The normalized spacial score (nSPS) is 16.4. The molecule has 2 aliphatic rings. The van der Waals surface area contributed by atoms with Crippen LogP contribution >= 0.6 is 0 Å². The van der Waals surface area contributed by atoms with Gasteiger partial charge in [0.1, 0.15) is 5.76 Å². The Balaban J connectivity index is 1.82. The molecule has 0 atom stereocenters. The third kappa shape index (κ3) is 2.25. The zero-order valence-corrected chi connectivity index (χ0v) is 11.2. The first-order chi connectivity index (χ1) is 9.79. The Morgan fingerprint density at radius 1 is 1.45 bits per heavy atom. The van der Waals surface area contributed by atoms with E-state index in [1.165, 1.54) is 0 Å². The van der Waals surface area contributed by atoms with Gasteiger partial charge in [-0.1, -0.05) is 18.2 Å². The molecule has 3 rings (SSSR count). The largest absolute Gasteiger partial charge is 0.468 e. The average molecular weight is 265 g/mol. The number of hydrogen-bond donors (Lipinski definition) is 0. The number of rotatable bonds is 4. The second kappa shape index (κ2) is 5.34. The number of hydrogen-bond acceptors (Lipinski definition) is 3. The van der Waals surface area contributed by atoms with Gasteiger partial charge in [0.05, 0.1) is 12.3 Å². The van der Waals surface area contributed by atoms with Gasteiger partial charge in [0.2, 0.25) is 0 Å². The van der Waals surface area contributed by atoms with Crippen LogP contribution in [0.3, 0.4) is 0 Å². The van der Waals surface area contributed by atoms with Crippen molar-refractivity contribution in [2.24, 2.45) is 0 Å². The van der Waals surface area contributed by atoms with Crippen molar-refractivity contribution < 1.29 is 9.21 Å². The molecule has 1 heterocycles. The molecule has 0 amide bonds. The number of nitriles is 1. The lowest BCUT2D eigenvalue weighted by molar-refractivity contribution is -0.115. The summed E-state index contributed by atoms with van der Waals surface area (Å²) in [5.74, 6) is 1.10. The first-order valence-corrected chi connectivity index (χ1v) is 6.87. The number of Topliss-reactive ketones (excluding diaryl/α,β-unsaturated/α-hetero) is 1. The molecule has 20 heavy (non-hydrogen) atoms. The van der Waals surface area contributed by atoms with Crippen LogP contribution in [-0.4, -0.2) is 5.78 Å². The number of furan rings is 1. The summed E-state index contributed by atoms with van der Waals surface area (Å²) in [5.41, 5.74) is 4.07. The molecule has 0 unspecified atom stereocenters. The molecule has 1 aromatic heterocycles. The summed E-state index contributed by atoms with van der Waals surface area (Å²) in [6.45, 7) is 0. The van der Waals surface area contributed by atoms with E-state index in [2.05, 4.69) is 18.2 Å². The highest BCUT2D eigenvalue weighted by Crippen LogP contribution is 2.34. The standard InChI is InChI=1S/C17H15NO2/c18-9-3-5-16(19)13-8-7-12(10-13)15-11-20-17-6-2-1-4-14(15)17/h1,4,7,10-11H,2-3,5-6,8H2. The van der Waals surface area contributed by atoms with Crippen LogP contribution < -0.4 is 0 Å². The van der Waals surface area contributed by atoms with Gasteiger partial charge in [-0.25, -0.2) is 0 Å². The van der Waals surface area contributed by atoms with Gasteiger partial charge in [-0.2, -0.15) is 5.26 Å². The molecule has 0 fully saturated rings. The molecule has 3 nitrogen and oxygen atoms in total. The highest BCUT2D eigenvalue weighted by Gasteiger charge is 2.20. The van der Waals surface area contributed by atoms with E-state index in [1.807, 2.05) is 12.1 Å². The van der Waals surface area contributed by atoms with Crippen LogP contribution in [0.25, 0.3) is 11.6 Å². The summed E-state index contributed by atoms with van der Waals surface area (Å²) in [7, 11) is 0. The lowest BCUT2D eigenvalue weighted by Gasteiger charge is -2.04. The second-order valence-electron chi connectivity index (χ2n) is 5.04. The maximum Gasteiger partial charge on any atom is 0.160 e. The fourth-order valence-electron chi connectivity index (χ4n) is 2.66. The maximum atomic E-state index is 11.9. The van der Waals surface area contributed by atoms with Crippen molar-refractivity contribution in [1.29, 1.82) is 5.26 Å². The first-order valence-electron chi connectivity index (χ1n) is 6.87. The highest BCUT2D eigenvalue weighted by molar-refractivity contribution is 6.01. The Labute approximate surface area is 117 Å². The Hall–Kier alpha value is -2.34. The fourth-order valence-corrected chi connectivity index (χ4v) is 2.66. The highest BCUT2D eigenvalue weighted by atomic mass is 16.3. The number of carbonyl (C=O) groups excluding carboxylic acids is 1. The zero-order valence-electron chi connectivity index (χ0n) is 11.2. The SMILES string of the molecule is N#CCCC(=O)C1=CC(c2coc3c2C=CCC3)=CC1. The number of fused-ring (bicyclic) bond motifs is 1. The van der Waals surface area contributed by atoms with Crippen LogP contribution in [0.1, 0.15) is 42.6 Å². The van der Waals surface area contributed by atoms with Crippen molar-refractivity contribution >= 4 is 17.4 Å². The van der Waals surface area contributed by atoms with Crippen molar-refractivity contribution in [3.8, 4) is 6.07 Å². The molecule has 0 aliphatic heterocycles. The van der Waals surface area contributed by atoms with Crippen molar-refractivity contribution in [3.05, 3.63) is 47.0 Å². The van der Waals surface area contributed by atoms with Crippen LogP contribution in [0.2, 0.25) is 0 Å².